The molecule has 0 bridgehead atoms. The second kappa shape index (κ2) is 4.48. The minimum atomic E-state index is -0.984. The van der Waals surface area contributed by atoms with Crippen molar-refractivity contribution < 1.29 is 9.90 Å². The number of aliphatic imine (C=N–C) groups is 1. The van der Waals surface area contributed by atoms with Crippen molar-refractivity contribution >= 4 is 17.9 Å². The second-order valence-corrected chi connectivity index (χ2v) is 3.31. The second-order valence-electron chi connectivity index (χ2n) is 3.31. The van der Waals surface area contributed by atoms with Crippen LogP contribution in [-0.4, -0.2) is 27.5 Å². The summed E-state index contributed by atoms with van der Waals surface area (Å²) in [5, 5.41) is 13.6. The van der Waals surface area contributed by atoms with E-state index < -0.39 is 5.97 Å². The van der Waals surface area contributed by atoms with E-state index in [1.807, 2.05) is 0 Å². The Hall–Kier alpha value is -2.63. The Balaban J connectivity index is 2.20. The molecule has 86 valence electrons. The zero-order valence-electron chi connectivity index (χ0n) is 8.68. The fourth-order valence-electron chi connectivity index (χ4n) is 1.25. The highest BCUT2D eigenvalue weighted by molar-refractivity contribution is 5.88. The molecule has 0 fully saturated rings. The molecule has 17 heavy (non-hydrogen) atoms. The van der Waals surface area contributed by atoms with E-state index in [0.717, 1.165) is 0 Å². The van der Waals surface area contributed by atoms with Crippen LogP contribution in [0.4, 0.5) is 5.69 Å². The zero-order valence-corrected chi connectivity index (χ0v) is 8.68. The lowest BCUT2D eigenvalue weighted by Crippen LogP contribution is -2.03. The summed E-state index contributed by atoms with van der Waals surface area (Å²) in [6, 6.07) is 6.05. The normalized spacial score (nSPS) is 10.8. The summed E-state index contributed by atoms with van der Waals surface area (Å²) < 4.78 is 0. The first-order valence-electron chi connectivity index (χ1n) is 4.80. The van der Waals surface area contributed by atoms with Gasteiger partial charge in [-0.3, -0.25) is 14.9 Å². The summed E-state index contributed by atoms with van der Waals surface area (Å²) in [7, 11) is 0. The number of carboxylic acid groups (broad SMARTS) is 1. The summed E-state index contributed by atoms with van der Waals surface area (Å²) in [5.41, 5.74) is 0.933. The van der Waals surface area contributed by atoms with E-state index in [9.17, 15) is 9.59 Å². The van der Waals surface area contributed by atoms with Crippen molar-refractivity contribution in [1.82, 2.24) is 10.2 Å². The van der Waals surface area contributed by atoms with Gasteiger partial charge < -0.3 is 10.2 Å². The van der Waals surface area contributed by atoms with E-state index in [-0.39, 0.29) is 11.1 Å². The number of aromatic amines is 2. The standard InChI is InChI=1S/C11H9N3O3/c15-10-8(6-13-14-10)5-12-9-3-1-7(2-4-9)11(16)17/h1-6H,(H,16,17)(H2,13,14,15). The van der Waals surface area contributed by atoms with Gasteiger partial charge in [-0.1, -0.05) is 0 Å². The summed E-state index contributed by atoms with van der Waals surface area (Å²) in [4.78, 5) is 25.8. The van der Waals surface area contributed by atoms with Crippen LogP contribution in [0.2, 0.25) is 0 Å². The number of H-pyrrole nitrogens is 2. The summed E-state index contributed by atoms with van der Waals surface area (Å²) in [5.74, 6) is -0.984. The quantitative estimate of drug-likeness (QED) is 0.691. The molecule has 1 aromatic heterocycles. The molecule has 0 aliphatic carbocycles. The molecule has 0 aliphatic heterocycles. The first kappa shape index (κ1) is 10.9. The van der Waals surface area contributed by atoms with E-state index in [1.54, 1.807) is 12.1 Å². The van der Waals surface area contributed by atoms with Crippen LogP contribution in [0.3, 0.4) is 0 Å². The van der Waals surface area contributed by atoms with Crippen LogP contribution in [0, 0.1) is 0 Å². The minimum Gasteiger partial charge on any atom is -0.478 e. The fraction of sp³-hybridized carbons (Fsp3) is 0. The Labute approximate surface area is 95.6 Å². The molecule has 1 heterocycles. The molecule has 0 atom stereocenters. The average Bonchev–Trinajstić information content (AvgIpc) is 2.73. The van der Waals surface area contributed by atoms with Crippen LogP contribution in [0.25, 0.3) is 0 Å². The molecule has 0 amide bonds. The Morgan fingerprint density at radius 3 is 2.53 bits per heavy atom. The van der Waals surface area contributed by atoms with Crippen molar-refractivity contribution in [2.45, 2.75) is 0 Å². The van der Waals surface area contributed by atoms with E-state index in [4.69, 9.17) is 5.11 Å². The third-order valence-corrected chi connectivity index (χ3v) is 2.14. The Bertz CT molecular complexity index is 607. The van der Waals surface area contributed by atoms with Crippen LogP contribution in [0.15, 0.2) is 40.2 Å². The number of nitrogens with zero attached hydrogens (tertiary/aromatic N) is 1. The van der Waals surface area contributed by atoms with Crippen LogP contribution in [0.1, 0.15) is 15.9 Å². The maximum Gasteiger partial charge on any atom is 0.335 e. The number of aromatic carboxylic acids is 1. The van der Waals surface area contributed by atoms with E-state index in [1.165, 1.54) is 24.5 Å². The predicted molar refractivity (Wildman–Crippen MR) is 62.1 cm³/mol. The van der Waals surface area contributed by atoms with Crippen molar-refractivity contribution in [1.29, 1.82) is 0 Å². The van der Waals surface area contributed by atoms with Crippen LogP contribution >= 0.6 is 0 Å². The molecular weight excluding hydrogens is 222 g/mol. The Morgan fingerprint density at radius 2 is 2.00 bits per heavy atom. The Kier molecular flexibility index (Phi) is 2.87. The molecule has 1 aromatic carbocycles. The fourth-order valence-corrected chi connectivity index (χ4v) is 1.25. The lowest BCUT2D eigenvalue weighted by molar-refractivity contribution is 0.0697. The third-order valence-electron chi connectivity index (χ3n) is 2.14. The van der Waals surface area contributed by atoms with Gasteiger partial charge in [-0.25, -0.2) is 4.79 Å². The molecule has 0 radical (unpaired) electrons. The highest BCUT2D eigenvalue weighted by Gasteiger charge is 2.00. The van der Waals surface area contributed by atoms with Crippen molar-refractivity contribution in [3.8, 4) is 0 Å². The summed E-state index contributed by atoms with van der Waals surface area (Å²) in [6.45, 7) is 0. The van der Waals surface area contributed by atoms with Gasteiger partial charge in [-0.15, -0.1) is 0 Å². The number of hydrogen-bond donors (Lipinski definition) is 3. The van der Waals surface area contributed by atoms with Crippen molar-refractivity contribution in [3.05, 3.63) is 51.9 Å². The molecule has 0 saturated heterocycles. The summed E-state index contributed by atoms with van der Waals surface area (Å²) in [6.07, 6.45) is 2.91. The average molecular weight is 231 g/mol. The van der Waals surface area contributed by atoms with Gasteiger partial charge in [0.25, 0.3) is 5.56 Å². The van der Waals surface area contributed by atoms with Gasteiger partial charge in [-0.2, -0.15) is 0 Å². The first-order chi connectivity index (χ1) is 8.16. The predicted octanol–water partition coefficient (Wildman–Crippen LogP) is 1.15. The molecule has 3 N–H and O–H groups in total. The number of aromatic nitrogens is 2. The van der Waals surface area contributed by atoms with E-state index in [2.05, 4.69) is 15.2 Å². The number of nitrogens with one attached hydrogen (secondary N) is 2. The number of carboxylic acids is 1. The van der Waals surface area contributed by atoms with Gasteiger partial charge in [0.2, 0.25) is 0 Å². The summed E-state index contributed by atoms with van der Waals surface area (Å²) >= 11 is 0. The molecular formula is C11H9N3O3. The molecule has 0 unspecified atom stereocenters. The van der Waals surface area contributed by atoms with Crippen molar-refractivity contribution in [2.75, 3.05) is 0 Å². The molecule has 6 nitrogen and oxygen atoms in total. The molecule has 0 saturated carbocycles. The van der Waals surface area contributed by atoms with Gasteiger partial charge in [-0.05, 0) is 24.3 Å². The molecule has 0 aliphatic rings. The van der Waals surface area contributed by atoms with Gasteiger partial charge >= 0.3 is 5.97 Å². The van der Waals surface area contributed by atoms with Gasteiger partial charge in [0.05, 0.1) is 16.8 Å². The first-order valence-corrected chi connectivity index (χ1v) is 4.80. The van der Waals surface area contributed by atoms with Crippen LogP contribution in [-0.2, 0) is 0 Å². The lowest BCUT2D eigenvalue weighted by atomic mass is 10.2. The monoisotopic (exact) mass is 231 g/mol. The van der Waals surface area contributed by atoms with Gasteiger partial charge in [0.1, 0.15) is 0 Å². The molecule has 2 aromatic rings. The maximum atomic E-state index is 11.1. The van der Waals surface area contributed by atoms with Gasteiger partial charge in [0.15, 0.2) is 0 Å². The van der Waals surface area contributed by atoms with Crippen molar-refractivity contribution in [2.24, 2.45) is 4.99 Å². The topological polar surface area (TPSA) is 98.3 Å². The zero-order chi connectivity index (χ0) is 12.3. The molecule has 0 spiro atoms. The number of rotatable bonds is 3. The number of carbonyl (C=O) groups is 1. The highest BCUT2D eigenvalue weighted by atomic mass is 16.4. The smallest absolute Gasteiger partial charge is 0.335 e. The highest BCUT2D eigenvalue weighted by Crippen LogP contribution is 2.12. The largest absolute Gasteiger partial charge is 0.478 e. The van der Waals surface area contributed by atoms with E-state index in [0.29, 0.717) is 11.3 Å². The lowest BCUT2D eigenvalue weighted by Gasteiger charge is -1.94. The minimum absolute atomic E-state index is 0.198. The van der Waals surface area contributed by atoms with Crippen LogP contribution < -0.4 is 5.56 Å². The SMILES string of the molecule is O=C(O)c1ccc(N=Cc2c[nH][nH]c2=O)cc1. The van der Waals surface area contributed by atoms with Crippen LogP contribution in [0.5, 0.6) is 0 Å². The number of hydrogen-bond acceptors (Lipinski definition) is 3. The third kappa shape index (κ3) is 2.49. The maximum absolute atomic E-state index is 11.1. The van der Waals surface area contributed by atoms with Gasteiger partial charge in [0, 0.05) is 12.4 Å². The molecule has 2 rings (SSSR count). The van der Waals surface area contributed by atoms with Crippen molar-refractivity contribution in [3.63, 3.8) is 0 Å². The number of benzene rings is 1. The van der Waals surface area contributed by atoms with E-state index >= 15 is 0 Å². The Morgan fingerprint density at radius 1 is 1.29 bits per heavy atom. The molecule has 6 heteroatoms.